The highest BCUT2D eigenvalue weighted by Gasteiger charge is 2.57. The Labute approximate surface area is 177 Å². The molecule has 5 nitrogen and oxygen atoms in total. The van der Waals surface area contributed by atoms with Gasteiger partial charge in [0.2, 0.25) is 11.8 Å². The normalized spacial score (nSPS) is 21.3. The summed E-state index contributed by atoms with van der Waals surface area (Å²) in [5.74, 6) is 1.33. The SMILES string of the molecule is COc1ccc(CN2CC3(CCN(C(=O)C4(c5ccccc5)CC4)CC3)C2=O)cc1. The molecule has 2 aromatic rings. The van der Waals surface area contributed by atoms with Crippen molar-refractivity contribution in [2.24, 2.45) is 5.41 Å². The minimum Gasteiger partial charge on any atom is -0.497 e. The number of carbonyl (C=O) groups is 2. The van der Waals surface area contributed by atoms with Crippen molar-refractivity contribution in [2.45, 2.75) is 37.6 Å². The van der Waals surface area contributed by atoms with Crippen molar-refractivity contribution in [3.8, 4) is 5.75 Å². The highest BCUT2D eigenvalue weighted by Crippen LogP contribution is 2.51. The molecular formula is C25H28N2O3. The van der Waals surface area contributed by atoms with Crippen LogP contribution in [0.1, 0.15) is 36.8 Å². The third-order valence-corrected chi connectivity index (χ3v) is 7.26. The van der Waals surface area contributed by atoms with E-state index in [4.69, 9.17) is 4.74 Å². The van der Waals surface area contributed by atoms with E-state index in [2.05, 4.69) is 12.1 Å². The van der Waals surface area contributed by atoms with Gasteiger partial charge in [-0.05, 0) is 48.9 Å². The van der Waals surface area contributed by atoms with Gasteiger partial charge in [0, 0.05) is 26.2 Å². The van der Waals surface area contributed by atoms with E-state index in [1.165, 1.54) is 0 Å². The molecule has 30 heavy (non-hydrogen) atoms. The first-order valence-electron chi connectivity index (χ1n) is 10.8. The summed E-state index contributed by atoms with van der Waals surface area (Å²) in [6.45, 7) is 2.82. The maximum Gasteiger partial charge on any atom is 0.233 e. The Bertz CT molecular complexity index is 942. The topological polar surface area (TPSA) is 49.9 Å². The molecule has 5 rings (SSSR count). The largest absolute Gasteiger partial charge is 0.497 e. The molecule has 0 radical (unpaired) electrons. The smallest absolute Gasteiger partial charge is 0.233 e. The summed E-state index contributed by atoms with van der Waals surface area (Å²) < 4.78 is 5.20. The van der Waals surface area contributed by atoms with E-state index in [0.717, 1.165) is 49.1 Å². The van der Waals surface area contributed by atoms with Crippen LogP contribution in [0.25, 0.3) is 0 Å². The molecule has 3 aliphatic rings. The number of likely N-dealkylation sites (tertiary alicyclic amines) is 2. The van der Waals surface area contributed by atoms with Gasteiger partial charge in [0.15, 0.2) is 0 Å². The van der Waals surface area contributed by atoms with Crippen molar-refractivity contribution >= 4 is 11.8 Å². The number of rotatable bonds is 5. The first-order chi connectivity index (χ1) is 14.6. The summed E-state index contributed by atoms with van der Waals surface area (Å²) in [6, 6.07) is 18.0. The lowest BCUT2D eigenvalue weighted by Crippen LogP contribution is -2.64. The van der Waals surface area contributed by atoms with Crippen molar-refractivity contribution in [1.82, 2.24) is 9.80 Å². The average molecular weight is 405 g/mol. The zero-order valence-corrected chi connectivity index (χ0v) is 17.5. The second-order valence-electron chi connectivity index (χ2n) is 9.03. The number of β-lactam (4-membered cyclic amide) rings is 1. The fourth-order valence-electron chi connectivity index (χ4n) is 5.15. The van der Waals surface area contributed by atoms with E-state index in [1.54, 1.807) is 7.11 Å². The van der Waals surface area contributed by atoms with Crippen LogP contribution < -0.4 is 4.74 Å². The molecule has 0 unspecified atom stereocenters. The van der Waals surface area contributed by atoms with Gasteiger partial charge in [-0.2, -0.15) is 0 Å². The second-order valence-corrected chi connectivity index (χ2v) is 9.03. The highest BCUT2D eigenvalue weighted by atomic mass is 16.5. The van der Waals surface area contributed by atoms with Gasteiger partial charge in [-0.3, -0.25) is 9.59 Å². The number of hydrogen-bond donors (Lipinski definition) is 0. The van der Waals surface area contributed by atoms with Crippen molar-refractivity contribution in [3.05, 3.63) is 65.7 Å². The van der Waals surface area contributed by atoms with E-state index in [0.29, 0.717) is 19.6 Å². The van der Waals surface area contributed by atoms with Crippen molar-refractivity contribution < 1.29 is 14.3 Å². The van der Waals surface area contributed by atoms with Crippen LogP contribution in [0.5, 0.6) is 5.75 Å². The molecule has 2 aromatic carbocycles. The van der Waals surface area contributed by atoms with Crippen LogP contribution in [-0.4, -0.2) is 48.4 Å². The van der Waals surface area contributed by atoms with Crippen LogP contribution in [0.3, 0.4) is 0 Å². The number of ether oxygens (including phenoxy) is 1. The third-order valence-electron chi connectivity index (χ3n) is 7.26. The predicted octanol–water partition coefficient (Wildman–Crippen LogP) is 3.38. The van der Waals surface area contributed by atoms with Crippen LogP contribution in [0.2, 0.25) is 0 Å². The number of methoxy groups -OCH3 is 1. The fraction of sp³-hybridized carbons (Fsp3) is 0.440. The summed E-state index contributed by atoms with van der Waals surface area (Å²) >= 11 is 0. The Kier molecular flexibility index (Phi) is 4.57. The third kappa shape index (κ3) is 3.08. The molecule has 0 N–H and O–H groups in total. The number of amides is 2. The van der Waals surface area contributed by atoms with Gasteiger partial charge in [0.05, 0.1) is 17.9 Å². The fourth-order valence-corrected chi connectivity index (χ4v) is 5.15. The molecule has 1 spiro atoms. The number of nitrogens with zero attached hydrogens (tertiary/aromatic N) is 2. The molecule has 0 bridgehead atoms. The van der Waals surface area contributed by atoms with Gasteiger partial charge >= 0.3 is 0 Å². The van der Waals surface area contributed by atoms with Crippen molar-refractivity contribution in [1.29, 1.82) is 0 Å². The molecule has 5 heteroatoms. The van der Waals surface area contributed by atoms with Gasteiger partial charge in [-0.15, -0.1) is 0 Å². The summed E-state index contributed by atoms with van der Waals surface area (Å²) in [4.78, 5) is 30.2. The molecule has 2 aliphatic heterocycles. The molecule has 0 aromatic heterocycles. The number of carbonyl (C=O) groups excluding carboxylic acids is 2. The highest BCUT2D eigenvalue weighted by molar-refractivity contribution is 5.92. The summed E-state index contributed by atoms with van der Waals surface area (Å²) in [6.07, 6.45) is 3.43. The summed E-state index contributed by atoms with van der Waals surface area (Å²) in [7, 11) is 1.65. The first kappa shape index (κ1) is 19.2. The number of hydrogen-bond acceptors (Lipinski definition) is 3. The minimum absolute atomic E-state index is 0.245. The molecule has 1 saturated carbocycles. The molecule has 1 aliphatic carbocycles. The Morgan fingerprint density at radius 3 is 2.20 bits per heavy atom. The second kappa shape index (κ2) is 7.15. The van der Waals surface area contributed by atoms with Crippen LogP contribution in [0.15, 0.2) is 54.6 Å². The van der Waals surface area contributed by atoms with E-state index in [1.807, 2.05) is 52.3 Å². The quantitative estimate of drug-likeness (QED) is 0.718. The number of piperidine rings is 1. The number of benzene rings is 2. The Hall–Kier alpha value is -2.82. The maximum absolute atomic E-state index is 13.3. The molecule has 2 saturated heterocycles. The first-order valence-corrected chi connectivity index (χ1v) is 10.8. The standard InChI is InChI=1S/C25H28N2O3/c1-30-21-9-7-19(8-10-21)17-27-18-24(22(27)28)13-15-26(16-14-24)23(29)25(11-12-25)20-5-3-2-4-6-20/h2-10H,11-18H2,1H3. The Morgan fingerprint density at radius 1 is 0.967 bits per heavy atom. The van der Waals surface area contributed by atoms with E-state index in [-0.39, 0.29) is 22.6 Å². The van der Waals surface area contributed by atoms with E-state index >= 15 is 0 Å². The monoisotopic (exact) mass is 404 g/mol. The Balaban J connectivity index is 1.18. The Morgan fingerprint density at radius 2 is 1.63 bits per heavy atom. The summed E-state index contributed by atoms with van der Waals surface area (Å²) in [5, 5.41) is 0. The lowest BCUT2D eigenvalue weighted by molar-refractivity contribution is -0.168. The van der Waals surface area contributed by atoms with Crippen molar-refractivity contribution in [2.75, 3.05) is 26.7 Å². The van der Waals surface area contributed by atoms with Crippen LogP contribution in [-0.2, 0) is 21.5 Å². The minimum atomic E-state index is -0.310. The zero-order valence-electron chi connectivity index (χ0n) is 17.5. The van der Waals surface area contributed by atoms with Crippen LogP contribution in [0, 0.1) is 5.41 Å². The molecule has 2 amide bonds. The van der Waals surface area contributed by atoms with E-state index < -0.39 is 0 Å². The predicted molar refractivity (Wildman–Crippen MR) is 114 cm³/mol. The summed E-state index contributed by atoms with van der Waals surface area (Å²) in [5.41, 5.74) is 1.69. The molecule has 156 valence electrons. The van der Waals surface area contributed by atoms with Crippen LogP contribution in [0.4, 0.5) is 0 Å². The molecule has 3 fully saturated rings. The lowest BCUT2D eigenvalue weighted by atomic mass is 9.70. The average Bonchev–Trinajstić information content (AvgIpc) is 3.62. The molecule has 2 heterocycles. The van der Waals surface area contributed by atoms with Gasteiger partial charge in [0.25, 0.3) is 0 Å². The van der Waals surface area contributed by atoms with Gasteiger partial charge in [0.1, 0.15) is 5.75 Å². The lowest BCUT2D eigenvalue weighted by Gasteiger charge is -2.52. The molecule has 0 atom stereocenters. The van der Waals surface area contributed by atoms with Crippen molar-refractivity contribution in [3.63, 3.8) is 0 Å². The van der Waals surface area contributed by atoms with Gasteiger partial charge in [-0.25, -0.2) is 0 Å². The molecular weight excluding hydrogens is 376 g/mol. The van der Waals surface area contributed by atoms with Gasteiger partial charge in [-0.1, -0.05) is 42.5 Å². The maximum atomic E-state index is 13.3. The van der Waals surface area contributed by atoms with Crippen LogP contribution >= 0.6 is 0 Å². The zero-order chi connectivity index (χ0) is 20.8. The van der Waals surface area contributed by atoms with Gasteiger partial charge < -0.3 is 14.5 Å². The van der Waals surface area contributed by atoms with E-state index in [9.17, 15) is 9.59 Å².